The lowest BCUT2D eigenvalue weighted by atomic mass is 10.1. The van der Waals surface area contributed by atoms with Crippen LogP contribution in [0, 0.1) is 5.92 Å². The molecule has 0 amide bonds. The fourth-order valence-electron chi connectivity index (χ4n) is 2.00. The lowest BCUT2D eigenvalue weighted by molar-refractivity contribution is 0.324. The van der Waals surface area contributed by atoms with Crippen LogP contribution in [0.4, 0.5) is 0 Å². The van der Waals surface area contributed by atoms with Crippen molar-refractivity contribution in [1.82, 2.24) is 10.2 Å². The van der Waals surface area contributed by atoms with Crippen molar-refractivity contribution < 1.29 is 0 Å². The van der Waals surface area contributed by atoms with E-state index < -0.39 is 0 Å². The lowest BCUT2D eigenvalue weighted by Crippen LogP contribution is -2.25. The standard InChI is InChI=1S/C10H22N2S/c1-11-8-10-4-6-12(9-10)5-3-7-13-2/h10-11H,3-9H2,1-2H3. The molecule has 1 aliphatic rings. The van der Waals surface area contributed by atoms with Gasteiger partial charge in [-0.1, -0.05) is 0 Å². The first-order valence-corrected chi connectivity index (χ1v) is 6.62. The highest BCUT2D eigenvalue weighted by Crippen LogP contribution is 2.15. The van der Waals surface area contributed by atoms with Crippen molar-refractivity contribution >= 4 is 11.8 Å². The molecule has 1 atom stereocenters. The van der Waals surface area contributed by atoms with Crippen molar-refractivity contribution in [3.63, 3.8) is 0 Å². The summed E-state index contributed by atoms with van der Waals surface area (Å²) in [7, 11) is 2.05. The molecule has 0 aromatic heterocycles. The second-order valence-electron chi connectivity index (χ2n) is 3.86. The molecule has 1 N–H and O–H groups in total. The number of nitrogens with one attached hydrogen (secondary N) is 1. The van der Waals surface area contributed by atoms with E-state index in [4.69, 9.17) is 0 Å². The van der Waals surface area contributed by atoms with Gasteiger partial charge in [-0.05, 0) is 57.5 Å². The van der Waals surface area contributed by atoms with E-state index in [2.05, 4.69) is 23.5 Å². The van der Waals surface area contributed by atoms with E-state index in [0.29, 0.717) is 0 Å². The summed E-state index contributed by atoms with van der Waals surface area (Å²) in [4.78, 5) is 2.61. The Morgan fingerprint density at radius 1 is 1.54 bits per heavy atom. The molecule has 0 aromatic rings. The van der Waals surface area contributed by atoms with Crippen LogP contribution in [0.1, 0.15) is 12.8 Å². The van der Waals surface area contributed by atoms with Gasteiger partial charge in [-0.2, -0.15) is 11.8 Å². The van der Waals surface area contributed by atoms with Crippen LogP contribution >= 0.6 is 11.8 Å². The summed E-state index contributed by atoms with van der Waals surface area (Å²) in [6.07, 6.45) is 4.93. The number of thioether (sulfide) groups is 1. The van der Waals surface area contributed by atoms with E-state index >= 15 is 0 Å². The number of nitrogens with zero attached hydrogens (tertiary/aromatic N) is 1. The Kier molecular flexibility index (Phi) is 5.83. The molecule has 0 saturated carbocycles. The minimum absolute atomic E-state index is 0.902. The molecule has 0 spiro atoms. The Labute approximate surface area is 86.5 Å². The predicted octanol–water partition coefficient (Wildman–Crippen LogP) is 1.28. The maximum absolute atomic E-state index is 3.27. The third-order valence-corrected chi connectivity index (χ3v) is 3.38. The van der Waals surface area contributed by atoms with Gasteiger partial charge in [-0.15, -0.1) is 0 Å². The Hall–Kier alpha value is 0.270. The van der Waals surface area contributed by atoms with E-state index in [1.54, 1.807) is 0 Å². The SMILES string of the molecule is CNCC1CCN(CCCSC)C1. The van der Waals surface area contributed by atoms with Gasteiger partial charge in [0.05, 0.1) is 0 Å². The fraction of sp³-hybridized carbons (Fsp3) is 1.00. The van der Waals surface area contributed by atoms with Crippen LogP contribution in [-0.4, -0.2) is 50.1 Å². The molecular formula is C10H22N2S. The van der Waals surface area contributed by atoms with E-state index in [9.17, 15) is 0 Å². The molecule has 1 heterocycles. The van der Waals surface area contributed by atoms with Gasteiger partial charge in [-0.3, -0.25) is 0 Å². The zero-order valence-corrected chi connectivity index (χ0v) is 9.70. The van der Waals surface area contributed by atoms with Crippen LogP contribution in [0.5, 0.6) is 0 Å². The molecule has 1 rings (SSSR count). The van der Waals surface area contributed by atoms with Gasteiger partial charge in [0.1, 0.15) is 0 Å². The minimum atomic E-state index is 0.902. The van der Waals surface area contributed by atoms with Crippen molar-refractivity contribution in [2.24, 2.45) is 5.92 Å². The van der Waals surface area contributed by atoms with Gasteiger partial charge in [-0.25, -0.2) is 0 Å². The van der Waals surface area contributed by atoms with Gasteiger partial charge < -0.3 is 10.2 Å². The number of hydrogen-bond acceptors (Lipinski definition) is 3. The molecule has 1 saturated heterocycles. The van der Waals surface area contributed by atoms with E-state index in [0.717, 1.165) is 5.92 Å². The Balaban J connectivity index is 2.03. The quantitative estimate of drug-likeness (QED) is 0.653. The molecule has 0 aliphatic carbocycles. The van der Waals surface area contributed by atoms with Crippen LogP contribution in [-0.2, 0) is 0 Å². The maximum atomic E-state index is 3.27. The summed E-state index contributed by atoms with van der Waals surface area (Å²) in [5.74, 6) is 2.21. The lowest BCUT2D eigenvalue weighted by Gasteiger charge is -2.15. The molecule has 78 valence electrons. The Morgan fingerprint density at radius 2 is 2.38 bits per heavy atom. The summed E-state index contributed by atoms with van der Waals surface area (Å²) in [6.45, 7) is 5.13. The smallest absolute Gasteiger partial charge is 0.00223 e. The molecule has 0 bridgehead atoms. The maximum Gasteiger partial charge on any atom is 0.00223 e. The van der Waals surface area contributed by atoms with Crippen LogP contribution in [0.2, 0.25) is 0 Å². The highest BCUT2D eigenvalue weighted by Gasteiger charge is 2.20. The van der Waals surface area contributed by atoms with E-state index in [-0.39, 0.29) is 0 Å². The van der Waals surface area contributed by atoms with E-state index in [1.165, 1.54) is 44.8 Å². The zero-order valence-electron chi connectivity index (χ0n) is 8.88. The summed E-state index contributed by atoms with van der Waals surface area (Å²) >= 11 is 1.96. The fourth-order valence-corrected chi connectivity index (χ4v) is 2.42. The third kappa shape index (κ3) is 4.34. The van der Waals surface area contributed by atoms with Crippen LogP contribution in [0.25, 0.3) is 0 Å². The third-order valence-electron chi connectivity index (χ3n) is 2.69. The molecule has 0 radical (unpaired) electrons. The predicted molar refractivity (Wildman–Crippen MR) is 61.5 cm³/mol. The second kappa shape index (κ2) is 6.68. The average Bonchev–Trinajstić information content (AvgIpc) is 2.54. The summed E-state index contributed by atoms with van der Waals surface area (Å²) in [5, 5.41) is 3.27. The highest BCUT2D eigenvalue weighted by atomic mass is 32.2. The van der Waals surface area contributed by atoms with Gasteiger partial charge >= 0.3 is 0 Å². The van der Waals surface area contributed by atoms with Crippen molar-refractivity contribution in [3.05, 3.63) is 0 Å². The van der Waals surface area contributed by atoms with Crippen LogP contribution in [0.3, 0.4) is 0 Å². The molecule has 1 aliphatic heterocycles. The van der Waals surface area contributed by atoms with Gasteiger partial charge in [0.2, 0.25) is 0 Å². The topological polar surface area (TPSA) is 15.3 Å². The Morgan fingerprint density at radius 3 is 3.08 bits per heavy atom. The summed E-state index contributed by atoms with van der Waals surface area (Å²) in [5.41, 5.74) is 0. The number of rotatable bonds is 6. The molecule has 1 fully saturated rings. The van der Waals surface area contributed by atoms with Gasteiger partial charge in [0, 0.05) is 6.54 Å². The molecular weight excluding hydrogens is 180 g/mol. The van der Waals surface area contributed by atoms with Crippen molar-refractivity contribution in [2.45, 2.75) is 12.8 Å². The molecule has 0 aromatic carbocycles. The first-order valence-electron chi connectivity index (χ1n) is 5.22. The number of hydrogen-bond donors (Lipinski definition) is 1. The minimum Gasteiger partial charge on any atom is -0.319 e. The number of likely N-dealkylation sites (tertiary alicyclic amines) is 1. The van der Waals surface area contributed by atoms with Crippen molar-refractivity contribution in [1.29, 1.82) is 0 Å². The monoisotopic (exact) mass is 202 g/mol. The van der Waals surface area contributed by atoms with Gasteiger partial charge in [0.15, 0.2) is 0 Å². The molecule has 3 heteroatoms. The first kappa shape index (κ1) is 11.3. The Bertz CT molecular complexity index is 130. The second-order valence-corrected chi connectivity index (χ2v) is 4.84. The summed E-state index contributed by atoms with van der Waals surface area (Å²) < 4.78 is 0. The van der Waals surface area contributed by atoms with Gasteiger partial charge in [0.25, 0.3) is 0 Å². The largest absolute Gasteiger partial charge is 0.319 e. The average molecular weight is 202 g/mol. The zero-order chi connectivity index (χ0) is 9.52. The highest BCUT2D eigenvalue weighted by molar-refractivity contribution is 7.98. The molecule has 2 nitrogen and oxygen atoms in total. The van der Waals surface area contributed by atoms with E-state index in [1.807, 2.05) is 11.8 Å². The van der Waals surface area contributed by atoms with Crippen LogP contribution in [0.15, 0.2) is 0 Å². The van der Waals surface area contributed by atoms with Crippen molar-refractivity contribution in [3.8, 4) is 0 Å². The van der Waals surface area contributed by atoms with Crippen LogP contribution < -0.4 is 5.32 Å². The molecule has 1 unspecified atom stereocenters. The normalized spacial score (nSPS) is 24.0. The molecule has 13 heavy (non-hydrogen) atoms. The first-order chi connectivity index (χ1) is 6.36. The van der Waals surface area contributed by atoms with Crippen molar-refractivity contribution in [2.75, 3.05) is 45.2 Å². The summed E-state index contributed by atoms with van der Waals surface area (Å²) in [6, 6.07) is 0.